The summed E-state index contributed by atoms with van der Waals surface area (Å²) in [6.07, 6.45) is -4.64. The van der Waals surface area contributed by atoms with E-state index in [1.807, 2.05) is 13.8 Å². The maximum absolute atomic E-state index is 12.2. The lowest BCUT2D eigenvalue weighted by Crippen LogP contribution is -2.30. The molecule has 0 bridgehead atoms. The van der Waals surface area contributed by atoms with E-state index in [1.165, 1.54) is 7.05 Å². The highest BCUT2D eigenvalue weighted by atomic mass is 19.4. The number of carbonyl (C=O) groups excluding carboxylic acids is 1. The number of anilines is 1. The van der Waals surface area contributed by atoms with Gasteiger partial charge in [0, 0.05) is 31.4 Å². The number of carbonyl (C=O) groups is 1. The summed E-state index contributed by atoms with van der Waals surface area (Å²) in [6.45, 7) is 4.09. The third-order valence-electron chi connectivity index (χ3n) is 2.92. The topological polar surface area (TPSA) is 45.2 Å². The third-order valence-corrected chi connectivity index (χ3v) is 2.92. The monoisotopic (exact) mass is 303 g/mol. The second-order valence-electron chi connectivity index (χ2n) is 4.71. The molecule has 7 heteroatoms. The first kappa shape index (κ1) is 17.3. The van der Waals surface area contributed by atoms with Gasteiger partial charge in [0.25, 0.3) is 5.91 Å². The van der Waals surface area contributed by atoms with Crippen LogP contribution in [0.2, 0.25) is 0 Å². The molecule has 0 fully saturated rings. The van der Waals surface area contributed by atoms with Crippen molar-refractivity contribution in [2.24, 2.45) is 0 Å². The molecule has 1 rings (SSSR count). The highest BCUT2D eigenvalue weighted by Crippen LogP contribution is 2.20. The SMILES string of the molecule is CCNc1cc(C(=O)N(C)CCC(F)(F)F)cc(CC)n1. The van der Waals surface area contributed by atoms with Crippen molar-refractivity contribution < 1.29 is 18.0 Å². The molecule has 1 heterocycles. The van der Waals surface area contributed by atoms with Crippen LogP contribution in [-0.4, -0.2) is 42.1 Å². The quantitative estimate of drug-likeness (QED) is 0.878. The van der Waals surface area contributed by atoms with Crippen LogP contribution < -0.4 is 5.32 Å². The largest absolute Gasteiger partial charge is 0.390 e. The number of alkyl halides is 3. The smallest absolute Gasteiger partial charge is 0.370 e. The number of halogens is 3. The van der Waals surface area contributed by atoms with Crippen molar-refractivity contribution in [1.82, 2.24) is 9.88 Å². The Bertz CT molecular complexity index is 489. The predicted octanol–water partition coefficient (Wildman–Crippen LogP) is 3.10. The van der Waals surface area contributed by atoms with E-state index in [0.29, 0.717) is 24.3 Å². The number of amides is 1. The van der Waals surface area contributed by atoms with Gasteiger partial charge in [0.15, 0.2) is 0 Å². The molecular weight excluding hydrogens is 283 g/mol. The fourth-order valence-electron chi connectivity index (χ4n) is 1.78. The molecule has 1 amide bonds. The minimum Gasteiger partial charge on any atom is -0.370 e. The Labute approximate surface area is 122 Å². The molecule has 0 spiro atoms. The molecule has 1 N–H and O–H groups in total. The standard InChI is InChI=1S/C14H20F3N3O/c1-4-11-8-10(9-12(19-11)18-5-2)13(21)20(3)7-6-14(15,16)17/h8-9H,4-7H2,1-3H3,(H,18,19). The molecule has 0 aliphatic heterocycles. The zero-order valence-electron chi connectivity index (χ0n) is 12.4. The number of nitrogens with zero attached hydrogens (tertiary/aromatic N) is 2. The normalized spacial score (nSPS) is 11.3. The van der Waals surface area contributed by atoms with Crippen molar-refractivity contribution in [2.45, 2.75) is 32.9 Å². The van der Waals surface area contributed by atoms with Crippen LogP contribution in [0, 0.1) is 0 Å². The molecule has 0 saturated heterocycles. The van der Waals surface area contributed by atoms with Gasteiger partial charge in [0.2, 0.25) is 0 Å². The first-order valence-electron chi connectivity index (χ1n) is 6.83. The van der Waals surface area contributed by atoms with Crippen molar-refractivity contribution in [1.29, 1.82) is 0 Å². The van der Waals surface area contributed by atoms with Crippen LogP contribution in [-0.2, 0) is 6.42 Å². The van der Waals surface area contributed by atoms with E-state index in [9.17, 15) is 18.0 Å². The number of aromatic nitrogens is 1. The third kappa shape index (κ3) is 5.61. The van der Waals surface area contributed by atoms with Gasteiger partial charge in [-0.15, -0.1) is 0 Å². The van der Waals surface area contributed by atoms with E-state index in [-0.39, 0.29) is 6.54 Å². The lowest BCUT2D eigenvalue weighted by molar-refractivity contribution is -0.136. The van der Waals surface area contributed by atoms with Crippen molar-refractivity contribution in [3.05, 3.63) is 23.4 Å². The van der Waals surface area contributed by atoms with Gasteiger partial charge >= 0.3 is 6.18 Å². The molecule has 1 aromatic rings. The molecular formula is C14H20F3N3O. The first-order chi connectivity index (χ1) is 9.76. The molecule has 1 aromatic heterocycles. The van der Waals surface area contributed by atoms with Gasteiger partial charge in [-0.05, 0) is 25.5 Å². The van der Waals surface area contributed by atoms with Crippen molar-refractivity contribution in [2.75, 3.05) is 25.5 Å². The molecule has 118 valence electrons. The predicted molar refractivity (Wildman–Crippen MR) is 75.4 cm³/mol. The minimum atomic E-state index is -4.27. The fourth-order valence-corrected chi connectivity index (χ4v) is 1.78. The summed E-state index contributed by atoms with van der Waals surface area (Å²) in [5, 5.41) is 3.01. The molecule has 0 radical (unpaired) electrons. The summed E-state index contributed by atoms with van der Waals surface area (Å²) in [7, 11) is 1.37. The van der Waals surface area contributed by atoms with Gasteiger partial charge in [0.1, 0.15) is 5.82 Å². The maximum atomic E-state index is 12.2. The fraction of sp³-hybridized carbons (Fsp3) is 0.571. The van der Waals surface area contributed by atoms with Crippen LogP contribution in [0.1, 0.15) is 36.3 Å². The van der Waals surface area contributed by atoms with Crippen LogP contribution in [0.15, 0.2) is 12.1 Å². The Morgan fingerprint density at radius 1 is 1.33 bits per heavy atom. The minimum absolute atomic E-state index is 0.350. The number of rotatable bonds is 6. The van der Waals surface area contributed by atoms with Crippen molar-refractivity contribution >= 4 is 11.7 Å². The van der Waals surface area contributed by atoms with E-state index in [1.54, 1.807) is 12.1 Å². The average Bonchev–Trinajstić information content (AvgIpc) is 2.43. The second-order valence-corrected chi connectivity index (χ2v) is 4.71. The molecule has 0 aliphatic carbocycles. The van der Waals surface area contributed by atoms with E-state index < -0.39 is 18.5 Å². The van der Waals surface area contributed by atoms with Crippen LogP contribution >= 0.6 is 0 Å². The van der Waals surface area contributed by atoms with E-state index in [4.69, 9.17) is 0 Å². The lowest BCUT2D eigenvalue weighted by Gasteiger charge is -2.19. The zero-order chi connectivity index (χ0) is 16.0. The maximum Gasteiger partial charge on any atom is 0.390 e. The molecule has 21 heavy (non-hydrogen) atoms. The number of aryl methyl sites for hydroxylation is 1. The number of pyridine rings is 1. The second kappa shape index (κ2) is 7.28. The Kier molecular flexibility index (Phi) is 5.99. The summed E-state index contributed by atoms with van der Waals surface area (Å²) in [4.78, 5) is 17.6. The van der Waals surface area contributed by atoms with Gasteiger partial charge in [-0.3, -0.25) is 4.79 Å². The number of hydrogen-bond acceptors (Lipinski definition) is 3. The zero-order valence-corrected chi connectivity index (χ0v) is 12.4. The number of hydrogen-bond donors (Lipinski definition) is 1. The molecule has 0 saturated carbocycles. The van der Waals surface area contributed by atoms with Crippen LogP contribution in [0.25, 0.3) is 0 Å². The number of nitrogens with one attached hydrogen (secondary N) is 1. The molecule has 0 unspecified atom stereocenters. The summed E-state index contributed by atoms with van der Waals surface area (Å²) in [5.74, 6) is 0.125. The Morgan fingerprint density at radius 2 is 2.00 bits per heavy atom. The molecule has 0 aromatic carbocycles. The molecule has 4 nitrogen and oxygen atoms in total. The van der Waals surface area contributed by atoms with Crippen molar-refractivity contribution in [3.63, 3.8) is 0 Å². The summed E-state index contributed by atoms with van der Waals surface area (Å²) in [6, 6.07) is 3.18. The van der Waals surface area contributed by atoms with Crippen molar-refractivity contribution in [3.8, 4) is 0 Å². The summed E-state index contributed by atoms with van der Waals surface area (Å²) >= 11 is 0. The Morgan fingerprint density at radius 3 is 2.52 bits per heavy atom. The first-order valence-corrected chi connectivity index (χ1v) is 6.83. The Hall–Kier alpha value is -1.79. The van der Waals surface area contributed by atoms with Gasteiger partial charge in [-0.2, -0.15) is 13.2 Å². The van der Waals surface area contributed by atoms with E-state index >= 15 is 0 Å². The average molecular weight is 303 g/mol. The highest BCUT2D eigenvalue weighted by Gasteiger charge is 2.28. The summed E-state index contributed by atoms with van der Waals surface area (Å²) < 4.78 is 36.6. The molecule has 0 aliphatic rings. The molecule has 0 atom stereocenters. The van der Waals surface area contributed by atoms with Gasteiger partial charge < -0.3 is 10.2 Å². The highest BCUT2D eigenvalue weighted by molar-refractivity contribution is 5.94. The lowest BCUT2D eigenvalue weighted by atomic mass is 10.1. The summed E-state index contributed by atoms with van der Waals surface area (Å²) in [5.41, 5.74) is 1.07. The van der Waals surface area contributed by atoms with Gasteiger partial charge in [0.05, 0.1) is 6.42 Å². The van der Waals surface area contributed by atoms with Crippen LogP contribution in [0.5, 0.6) is 0 Å². The van der Waals surface area contributed by atoms with Gasteiger partial charge in [-0.1, -0.05) is 6.92 Å². The van der Waals surface area contributed by atoms with Crippen LogP contribution in [0.3, 0.4) is 0 Å². The van der Waals surface area contributed by atoms with E-state index in [2.05, 4.69) is 10.3 Å². The van der Waals surface area contributed by atoms with Gasteiger partial charge in [-0.25, -0.2) is 4.98 Å². The Balaban J connectivity index is 2.87. The van der Waals surface area contributed by atoms with Crippen LogP contribution in [0.4, 0.5) is 19.0 Å². The van der Waals surface area contributed by atoms with E-state index in [0.717, 1.165) is 10.6 Å².